The number of carboxylic acid groups (broad SMARTS) is 1. The maximum Gasteiger partial charge on any atom is 0.490 e. The largest absolute Gasteiger partial charge is 0.490 e. The highest BCUT2D eigenvalue weighted by Gasteiger charge is 2.38. The molecule has 10 heteroatoms. The Balaban J connectivity index is 0.000000360. The van der Waals surface area contributed by atoms with Gasteiger partial charge in [0.05, 0.1) is 11.9 Å². The van der Waals surface area contributed by atoms with Crippen molar-refractivity contribution in [2.45, 2.75) is 45.6 Å². The first-order valence-electron chi connectivity index (χ1n) is 9.98. The van der Waals surface area contributed by atoms with E-state index in [2.05, 4.69) is 59.3 Å². The summed E-state index contributed by atoms with van der Waals surface area (Å²) in [6.07, 6.45) is 0.947. The minimum absolute atomic E-state index is 0.326. The number of carbonyl (C=O) groups is 1. The maximum atomic E-state index is 10.6. The van der Waals surface area contributed by atoms with Crippen molar-refractivity contribution in [3.05, 3.63) is 65.4 Å². The highest BCUT2D eigenvalue weighted by atomic mass is 19.4. The minimum atomic E-state index is -5.08. The molecule has 0 bridgehead atoms. The summed E-state index contributed by atoms with van der Waals surface area (Å²) < 4.78 is 33.6. The number of benzene rings is 1. The van der Waals surface area contributed by atoms with Crippen LogP contribution in [0.15, 0.2) is 42.9 Å². The summed E-state index contributed by atoms with van der Waals surface area (Å²) in [7, 11) is 1.96. The van der Waals surface area contributed by atoms with E-state index in [0.29, 0.717) is 5.92 Å². The first kappa shape index (κ1) is 23.4. The lowest BCUT2D eigenvalue weighted by Gasteiger charge is -2.20. The topological polar surface area (TPSA) is 84.1 Å². The van der Waals surface area contributed by atoms with Gasteiger partial charge in [0, 0.05) is 61.7 Å². The molecule has 0 fully saturated rings. The zero-order valence-electron chi connectivity index (χ0n) is 18.0. The van der Waals surface area contributed by atoms with Crippen molar-refractivity contribution in [2.75, 3.05) is 0 Å². The SMILES string of the molecule is CC(C)c1ncc2c(n1)-c1ccccc1CN(Cc1cnn(C)c1)C2.O=C(O)C(F)(F)F. The molecule has 3 aromatic rings. The minimum Gasteiger partial charge on any atom is -0.475 e. The van der Waals surface area contributed by atoms with Gasteiger partial charge in [0.25, 0.3) is 0 Å². The Labute approximate surface area is 183 Å². The number of carboxylic acids is 1. The fourth-order valence-electron chi connectivity index (χ4n) is 3.40. The quantitative estimate of drug-likeness (QED) is 0.650. The zero-order valence-corrected chi connectivity index (χ0v) is 18.0. The molecular weight excluding hydrogens is 423 g/mol. The van der Waals surface area contributed by atoms with Crippen LogP contribution >= 0.6 is 0 Å². The Kier molecular flexibility index (Phi) is 6.93. The molecule has 0 aliphatic carbocycles. The van der Waals surface area contributed by atoms with E-state index in [0.717, 1.165) is 31.2 Å². The lowest BCUT2D eigenvalue weighted by atomic mass is 10.0. The van der Waals surface area contributed by atoms with Gasteiger partial charge in [-0.1, -0.05) is 38.1 Å². The predicted octanol–water partition coefficient (Wildman–Crippen LogP) is 4.15. The lowest BCUT2D eigenvalue weighted by Crippen LogP contribution is -2.21. The molecule has 1 N–H and O–H groups in total. The van der Waals surface area contributed by atoms with E-state index < -0.39 is 12.1 Å². The summed E-state index contributed by atoms with van der Waals surface area (Å²) >= 11 is 0. The van der Waals surface area contributed by atoms with Crippen LogP contribution in [0.2, 0.25) is 0 Å². The summed E-state index contributed by atoms with van der Waals surface area (Å²) in [6.45, 7) is 6.89. The molecule has 0 saturated heterocycles. The van der Waals surface area contributed by atoms with Crippen LogP contribution in [0, 0.1) is 0 Å². The van der Waals surface area contributed by atoms with Crippen molar-refractivity contribution in [3.8, 4) is 11.3 Å². The molecule has 32 heavy (non-hydrogen) atoms. The number of alkyl halides is 3. The molecule has 0 unspecified atom stereocenters. The molecule has 1 aliphatic rings. The Hall–Kier alpha value is -3.27. The highest BCUT2D eigenvalue weighted by molar-refractivity contribution is 5.73. The van der Waals surface area contributed by atoms with Gasteiger partial charge in [0.1, 0.15) is 5.82 Å². The average Bonchev–Trinajstić information content (AvgIpc) is 3.05. The Morgan fingerprint density at radius 3 is 2.41 bits per heavy atom. The third kappa shape index (κ3) is 5.70. The second kappa shape index (κ2) is 9.47. The number of aromatic nitrogens is 4. The number of rotatable bonds is 3. The molecule has 170 valence electrons. The summed E-state index contributed by atoms with van der Waals surface area (Å²) in [5.41, 5.74) is 6.05. The van der Waals surface area contributed by atoms with Crippen molar-refractivity contribution in [2.24, 2.45) is 7.05 Å². The van der Waals surface area contributed by atoms with Gasteiger partial charge in [0.15, 0.2) is 0 Å². The fraction of sp³-hybridized carbons (Fsp3) is 0.364. The smallest absolute Gasteiger partial charge is 0.475 e. The van der Waals surface area contributed by atoms with E-state index in [4.69, 9.17) is 14.9 Å². The van der Waals surface area contributed by atoms with Crippen LogP contribution in [0.1, 0.15) is 42.3 Å². The lowest BCUT2D eigenvalue weighted by molar-refractivity contribution is -0.192. The molecule has 7 nitrogen and oxygen atoms in total. The molecule has 0 atom stereocenters. The number of fused-ring (bicyclic) bond motifs is 3. The van der Waals surface area contributed by atoms with Crippen LogP contribution in [-0.4, -0.2) is 41.9 Å². The van der Waals surface area contributed by atoms with Gasteiger partial charge in [-0.15, -0.1) is 0 Å². The van der Waals surface area contributed by atoms with E-state index in [1.54, 1.807) is 0 Å². The molecule has 3 heterocycles. The Morgan fingerprint density at radius 2 is 1.81 bits per heavy atom. The third-order valence-corrected chi connectivity index (χ3v) is 4.87. The molecule has 1 aromatic carbocycles. The fourth-order valence-corrected chi connectivity index (χ4v) is 3.40. The molecule has 4 rings (SSSR count). The standard InChI is InChI=1S/C20H23N5.C2HF3O2/c1-14(2)20-21-9-17-13-25(11-15-8-22-24(3)10-15)12-16-6-4-5-7-18(16)19(17)23-20;3-2(4,5)1(6)7/h4-10,14H,11-13H2,1-3H3;(H,6,7). The normalized spacial score (nSPS) is 13.6. The second-order valence-electron chi connectivity index (χ2n) is 7.88. The van der Waals surface area contributed by atoms with Crippen LogP contribution < -0.4 is 0 Å². The van der Waals surface area contributed by atoms with Gasteiger partial charge in [0.2, 0.25) is 0 Å². The molecule has 2 aromatic heterocycles. The zero-order chi connectivity index (χ0) is 23.5. The summed E-state index contributed by atoms with van der Waals surface area (Å²) in [5.74, 6) is -1.52. The Morgan fingerprint density at radius 1 is 1.16 bits per heavy atom. The first-order valence-corrected chi connectivity index (χ1v) is 9.98. The van der Waals surface area contributed by atoms with Gasteiger partial charge in [-0.05, 0) is 5.56 Å². The van der Waals surface area contributed by atoms with Crippen molar-refractivity contribution in [3.63, 3.8) is 0 Å². The van der Waals surface area contributed by atoms with Gasteiger partial charge < -0.3 is 5.11 Å². The number of hydrogen-bond donors (Lipinski definition) is 1. The van der Waals surface area contributed by atoms with Crippen molar-refractivity contribution < 1.29 is 23.1 Å². The molecule has 0 saturated carbocycles. The van der Waals surface area contributed by atoms with Gasteiger partial charge in [-0.2, -0.15) is 18.3 Å². The van der Waals surface area contributed by atoms with Gasteiger partial charge >= 0.3 is 12.1 Å². The number of hydrogen-bond acceptors (Lipinski definition) is 5. The highest BCUT2D eigenvalue weighted by Crippen LogP contribution is 2.32. The van der Waals surface area contributed by atoms with Crippen LogP contribution in [-0.2, 0) is 31.5 Å². The van der Waals surface area contributed by atoms with Crippen LogP contribution in [0.4, 0.5) is 13.2 Å². The monoisotopic (exact) mass is 447 g/mol. The predicted molar refractivity (Wildman–Crippen MR) is 111 cm³/mol. The van der Waals surface area contributed by atoms with Crippen molar-refractivity contribution in [1.29, 1.82) is 0 Å². The number of nitrogens with zero attached hydrogens (tertiary/aromatic N) is 5. The van der Waals surface area contributed by atoms with Gasteiger partial charge in [-0.25, -0.2) is 14.8 Å². The maximum absolute atomic E-state index is 10.6. The molecule has 1 aliphatic heterocycles. The number of aliphatic carboxylic acids is 1. The third-order valence-electron chi connectivity index (χ3n) is 4.87. The van der Waals surface area contributed by atoms with Crippen LogP contribution in [0.3, 0.4) is 0 Å². The van der Waals surface area contributed by atoms with Crippen molar-refractivity contribution in [1.82, 2.24) is 24.6 Å². The molecular formula is C22H24F3N5O2. The summed E-state index contributed by atoms with van der Waals surface area (Å²) in [4.78, 5) is 20.8. The van der Waals surface area contributed by atoms with E-state index in [-0.39, 0.29) is 0 Å². The van der Waals surface area contributed by atoms with E-state index >= 15 is 0 Å². The summed E-state index contributed by atoms with van der Waals surface area (Å²) in [5, 5.41) is 11.4. The van der Waals surface area contributed by atoms with Crippen LogP contribution in [0.5, 0.6) is 0 Å². The van der Waals surface area contributed by atoms with E-state index in [1.165, 1.54) is 22.3 Å². The number of aryl methyl sites for hydroxylation is 1. The van der Waals surface area contributed by atoms with Crippen LogP contribution in [0.25, 0.3) is 11.3 Å². The molecule has 0 radical (unpaired) electrons. The van der Waals surface area contributed by atoms with E-state index in [9.17, 15) is 13.2 Å². The average molecular weight is 447 g/mol. The Bertz CT molecular complexity index is 1100. The number of halogens is 3. The summed E-state index contributed by atoms with van der Waals surface area (Å²) in [6, 6.07) is 8.59. The second-order valence-corrected chi connectivity index (χ2v) is 7.88. The molecule has 0 amide bonds. The van der Waals surface area contributed by atoms with E-state index in [1.807, 2.05) is 24.1 Å². The first-order chi connectivity index (χ1) is 15.0. The van der Waals surface area contributed by atoms with Gasteiger partial charge in [-0.3, -0.25) is 9.58 Å². The van der Waals surface area contributed by atoms with Crippen molar-refractivity contribution >= 4 is 5.97 Å². The molecule has 0 spiro atoms.